The molecule has 29 heavy (non-hydrogen) atoms. The van der Waals surface area contributed by atoms with E-state index in [1.165, 1.54) is 4.90 Å². The molecule has 2 N–H and O–H groups in total. The highest BCUT2D eigenvalue weighted by Gasteiger charge is 2.23. The maximum Gasteiger partial charge on any atom is 0.253 e. The van der Waals surface area contributed by atoms with Crippen LogP contribution in [-0.2, 0) is 0 Å². The zero-order valence-electron chi connectivity index (χ0n) is 17.4. The van der Waals surface area contributed by atoms with Crippen molar-refractivity contribution in [2.24, 2.45) is 0 Å². The minimum atomic E-state index is -0.131. The van der Waals surface area contributed by atoms with Gasteiger partial charge < -0.3 is 20.1 Å². The summed E-state index contributed by atoms with van der Waals surface area (Å²) in [7, 11) is 1.69. The Morgan fingerprint density at radius 2 is 1.93 bits per heavy atom. The van der Waals surface area contributed by atoms with E-state index in [4.69, 9.17) is 9.84 Å². The van der Waals surface area contributed by atoms with E-state index in [9.17, 15) is 4.79 Å². The predicted octanol–water partition coefficient (Wildman–Crippen LogP) is 4.07. The number of hydrogen-bond donors (Lipinski definition) is 2. The third-order valence-corrected chi connectivity index (χ3v) is 5.29. The molecule has 0 radical (unpaired) electrons. The fourth-order valence-corrected chi connectivity index (χ4v) is 3.64. The van der Waals surface area contributed by atoms with Crippen LogP contribution in [0.15, 0.2) is 48.5 Å². The van der Waals surface area contributed by atoms with E-state index in [0.717, 1.165) is 41.8 Å². The van der Waals surface area contributed by atoms with E-state index in [1.807, 2.05) is 30.3 Å². The molecule has 2 aromatic carbocycles. The van der Waals surface area contributed by atoms with Gasteiger partial charge in [-0.2, -0.15) is 0 Å². The molecular formula is C24H30N2O3. The second kappa shape index (κ2) is 9.72. The Bertz CT molecular complexity index is 891. The predicted molar refractivity (Wildman–Crippen MR) is 116 cm³/mol. The van der Waals surface area contributed by atoms with Gasteiger partial charge in [0.25, 0.3) is 5.91 Å². The average molecular weight is 395 g/mol. The number of carbonyl (C=O) groups excluding carboxylic acids is 1. The van der Waals surface area contributed by atoms with Gasteiger partial charge in [-0.3, -0.25) is 4.79 Å². The van der Waals surface area contributed by atoms with E-state index in [-0.39, 0.29) is 12.5 Å². The summed E-state index contributed by atoms with van der Waals surface area (Å²) >= 11 is 0. The number of hydrogen-bond acceptors (Lipinski definition) is 4. The molecule has 0 fully saturated rings. The summed E-state index contributed by atoms with van der Waals surface area (Å²) in [5.74, 6) is 1.36. The molecule has 1 amide bonds. The van der Waals surface area contributed by atoms with E-state index in [0.29, 0.717) is 23.9 Å². The molecule has 1 heterocycles. The van der Waals surface area contributed by atoms with Crippen molar-refractivity contribution in [2.75, 3.05) is 26.7 Å². The van der Waals surface area contributed by atoms with Crippen LogP contribution >= 0.6 is 0 Å². The molecule has 5 nitrogen and oxygen atoms in total. The van der Waals surface area contributed by atoms with Crippen molar-refractivity contribution < 1.29 is 14.6 Å². The number of amides is 1. The zero-order valence-corrected chi connectivity index (χ0v) is 17.4. The molecule has 1 aliphatic rings. The molecule has 1 aliphatic heterocycles. The van der Waals surface area contributed by atoms with Crippen LogP contribution in [0.5, 0.6) is 11.5 Å². The maximum atomic E-state index is 12.6. The second-order valence-electron chi connectivity index (χ2n) is 7.28. The lowest BCUT2D eigenvalue weighted by Gasteiger charge is -2.25. The lowest BCUT2D eigenvalue weighted by molar-refractivity contribution is 0.0766. The van der Waals surface area contributed by atoms with Crippen LogP contribution in [0.4, 0.5) is 0 Å². The molecule has 0 saturated heterocycles. The van der Waals surface area contributed by atoms with Gasteiger partial charge >= 0.3 is 0 Å². The highest BCUT2D eigenvalue weighted by Crippen LogP contribution is 2.44. The first-order valence-electron chi connectivity index (χ1n) is 10.3. The van der Waals surface area contributed by atoms with E-state index in [1.54, 1.807) is 13.1 Å². The number of aliphatic hydroxyl groups excluding tert-OH is 1. The number of benzene rings is 2. The van der Waals surface area contributed by atoms with Crippen LogP contribution in [0.25, 0.3) is 5.57 Å². The molecule has 0 aliphatic carbocycles. The van der Waals surface area contributed by atoms with Gasteiger partial charge in [0.1, 0.15) is 11.5 Å². The van der Waals surface area contributed by atoms with Crippen molar-refractivity contribution in [3.63, 3.8) is 0 Å². The SMILES string of the molecule is CCNC(CC)C/C=C1/c2ccccc2Oc2cc(C(=O)N(C)CCO)ccc21. The smallest absolute Gasteiger partial charge is 0.253 e. The van der Waals surface area contributed by atoms with Gasteiger partial charge in [0.15, 0.2) is 0 Å². The molecule has 1 unspecified atom stereocenters. The number of rotatable bonds is 8. The average Bonchev–Trinajstić information content (AvgIpc) is 2.74. The number of carbonyl (C=O) groups is 1. The number of ether oxygens (including phenoxy) is 1. The lowest BCUT2D eigenvalue weighted by atomic mass is 9.91. The fraction of sp³-hybridized carbons (Fsp3) is 0.375. The molecule has 0 spiro atoms. The van der Waals surface area contributed by atoms with Crippen LogP contribution in [0.3, 0.4) is 0 Å². The number of likely N-dealkylation sites (N-methyl/N-ethyl adjacent to an activating group) is 1. The van der Waals surface area contributed by atoms with Crippen molar-refractivity contribution in [1.29, 1.82) is 0 Å². The summed E-state index contributed by atoms with van der Waals surface area (Å²) in [6, 6.07) is 14.0. The van der Waals surface area contributed by atoms with Crippen molar-refractivity contribution >= 4 is 11.5 Å². The molecular weight excluding hydrogens is 364 g/mol. The van der Waals surface area contributed by atoms with Crippen LogP contribution in [-0.4, -0.2) is 48.7 Å². The Balaban J connectivity index is 1.98. The standard InChI is InChI=1S/C24H30N2O3/c1-4-18(25-5-2)11-13-19-20-8-6-7-9-22(20)29-23-16-17(10-12-21(19)23)24(28)26(3)14-15-27/h6-10,12-13,16,18,25,27H,4-5,11,14-15H2,1-3H3/b19-13-. The molecule has 2 aromatic rings. The molecule has 0 saturated carbocycles. The topological polar surface area (TPSA) is 61.8 Å². The number of aliphatic hydroxyl groups is 1. The highest BCUT2D eigenvalue weighted by atomic mass is 16.5. The molecule has 3 rings (SSSR count). The van der Waals surface area contributed by atoms with Crippen LogP contribution < -0.4 is 10.1 Å². The fourth-order valence-electron chi connectivity index (χ4n) is 3.64. The Hall–Kier alpha value is -2.63. The Morgan fingerprint density at radius 3 is 2.66 bits per heavy atom. The molecule has 0 bridgehead atoms. The highest BCUT2D eigenvalue weighted by molar-refractivity contribution is 5.96. The normalized spacial score (nSPS) is 14.7. The minimum Gasteiger partial charge on any atom is -0.456 e. The minimum absolute atomic E-state index is 0.0612. The number of nitrogens with one attached hydrogen (secondary N) is 1. The summed E-state index contributed by atoms with van der Waals surface area (Å²) in [5, 5.41) is 12.6. The molecule has 1 atom stereocenters. The van der Waals surface area contributed by atoms with Gasteiger partial charge in [0.05, 0.1) is 6.61 Å². The van der Waals surface area contributed by atoms with Crippen molar-refractivity contribution in [2.45, 2.75) is 32.7 Å². The van der Waals surface area contributed by atoms with Crippen molar-refractivity contribution in [1.82, 2.24) is 10.2 Å². The first-order valence-corrected chi connectivity index (χ1v) is 10.3. The molecule has 5 heteroatoms. The number of nitrogens with zero attached hydrogens (tertiary/aromatic N) is 1. The largest absolute Gasteiger partial charge is 0.456 e. The Morgan fingerprint density at radius 1 is 1.17 bits per heavy atom. The summed E-state index contributed by atoms with van der Waals surface area (Å²) in [6.45, 7) is 5.51. The maximum absolute atomic E-state index is 12.6. The number of para-hydroxylation sites is 1. The summed E-state index contributed by atoms with van der Waals surface area (Å²) in [5.41, 5.74) is 3.76. The van der Waals surface area contributed by atoms with Gasteiger partial charge in [-0.25, -0.2) is 0 Å². The van der Waals surface area contributed by atoms with E-state index < -0.39 is 0 Å². The molecule has 0 aromatic heterocycles. The second-order valence-corrected chi connectivity index (χ2v) is 7.28. The Kier molecular flexibility index (Phi) is 7.07. The monoisotopic (exact) mass is 394 g/mol. The summed E-state index contributed by atoms with van der Waals surface area (Å²) in [6.07, 6.45) is 4.26. The first-order chi connectivity index (χ1) is 14.1. The quantitative estimate of drug-likeness (QED) is 0.605. The van der Waals surface area contributed by atoms with Crippen molar-refractivity contribution in [3.05, 3.63) is 65.2 Å². The Labute approximate surface area is 173 Å². The van der Waals surface area contributed by atoms with Gasteiger partial charge in [0, 0.05) is 36.3 Å². The summed E-state index contributed by atoms with van der Waals surface area (Å²) < 4.78 is 6.14. The van der Waals surface area contributed by atoms with E-state index >= 15 is 0 Å². The third kappa shape index (κ3) is 4.69. The van der Waals surface area contributed by atoms with E-state index in [2.05, 4.69) is 31.3 Å². The van der Waals surface area contributed by atoms with Gasteiger partial charge in [-0.15, -0.1) is 0 Å². The van der Waals surface area contributed by atoms with Crippen LogP contribution in [0, 0.1) is 0 Å². The van der Waals surface area contributed by atoms with Gasteiger partial charge in [-0.05, 0) is 49.2 Å². The summed E-state index contributed by atoms with van der Waals surface area (Å²) in [4.78, 5) is 14.1. The first kappa shape index (κ1) is 21.1. The third-order valence-electron chi connectivity index (χ3n) is 5.29. The number of fused-ring (bicyclic) bond motifs is 2. The van der Waals surface area contributed by atoms with Crippen LogP contribution in [0.1, 0.15) is 48.2 Å². The van der Waals surface area contributed by atoms with Crippen LogP contribution in [0.2, 0.25) is 0 Å². The lowest BCUT2D eigenvalue weighted by Crippen LogP contribution is -2.29. The van der Waals surface area contributed by atoms with Crippen molar-refractivity contribution in [3.8, 4) is 11.5 Å². The van der Waals surface area contributed by atoms with Gasteiger partial charge in [0.2, 0.25) is 0 Å². The van der Waals surface area contributed by atoms with Gasteiger partial charge in [-0.1, -0.05) is 38.1 Å². The zero-order chi connectivity index (χ0) is 20.8. The molecule has 154 valence electrons.